The molecule has 0 fully saturated rings. The van der Waals surface area contributed by atoms with Gasteiger partial charge >= 0.3 is 0 Å². The van der Waals surface area contributed by atoms with E-state index in [0.717, 1.165) is 13.0 Å². The molecule has 0 rings (SSSR count). The SMILES string of the molecule is CCCNC(CCCC(C)(C)C)C(CCC)OC. The number of methoxy groups -OCH3 is 1. The van der Waals surface area contributed by atoms with Crippen molar-refractivity contribution in [3.8, 4) is 0 Å². The Labute approximate surface area is 115 Å². The molecule has 1 N–H and O–H groups in total. The van der Waals surface area contributed by atoms with Gasteiger partial charge in [-0.05, 0) is 37.6 Å². The zero-order valence-corrected chi connectivity index (χ0v) is 13.5. The molecular weight excluding hydrogens is 222 g/mol. The van der Waals surface area contributed by atoms with Crippen molar-refractivity contribution >= 4 is 0 Å². The second kappa shape index (κ2) is 9.80. The molecule has 18 heavy (non-hydrogen) atoms. The van der Waals surface area contributed by atoms with E-state index in [0.29, 0.717) is 17.6 Å². The molecule has 0 aromatic carbocycles. The summed E-state index contributed by atoms with van der Waals surface area (Å²) in [5, 5.41) is 3.67. The van der Waals surface area contributed by atoms with Crippen molar-refractivity contribution in [3.63, 3.8) is 0 Å². The first-order valence-electron chi connectivity index (χ1n) is 7.70. The monoisotopic (exact) mass is 257 g/mol. The van der Waals surface area contributed by atoms with E-state index in [-0.39, 0.29) is 0 Å². The van der Waals surface area contributed by atoms with Gasteiger partial charge in [-0.15, -0.1) is 0 Å². The minimum Gasteiger partial charge on any atom is -0.380 e. The van der Waals surface area contributed by atoms with E-state index in [1.807, 2.05) is 7.11 Å². The zero-order chi connectivity index (χ0) is 14.0. The van der Waals surface area contributed by atoms with Crippen LogP contribution in [0.1, 0.15) is 73.1 Å². The molecule has 0 aliphatic rings. The second-order valence-corrected chi connectivity index (χ2v) is 6.58. The van der Waals surface area contributed by atoms with Crippen molar-refractivity contribution in [2.24, 2.45) is 5.41 Å². The molecule has 0 radical (unpaired) electrons. The number of ether oxygens (including phenoxy) is 1. The molecule has 2 atom stereocenters. The maximum absolute atomic E-state index is 5.67. The Bertz CT molecular complexity index is 186. The maximum atomic E-state index is 5.67. The molecule has 0 aliphatic heterocycles. The molecule has 110 valence electrons. The van der Waals surface area contributed by atoms with E-state index in [1.54, 1.807) is 0 Å². The van der Waals surface area contributed by atoms with E-state index >= 15 is 0 Å². The lowest BCUT2D eigenvalue weighted by atomic mass is 9.88. The molecule has 0 aromatic heterocycles. The van der Waals surface area contributed by atoms with E-state index in [9.17, 15) is 0 Å². The molecule has 2 unspecified atom stereocenters. The Morgan fingerprint density at radius 3 is 2.17 bits per heavy atom. The highest BCUT2D eigenvalue weighted by atomic mass is 16.5. The van der Waals surface area contributed by atoms with Crippen LogP contribution in [-0.2, 0) is 4.74 Å². The standard InChI is InChI=1S/C16H35NO/c1-7-10-15(18-6)14(17-13-8-2)11-9-12-16(3,4)5/h14-15,17H,7-13H2,1-6H3. The summed E-state index contributed by atoms with van der Waals surface area (Å²) in [6.07, 6.45) is 7.74. The van der Waals surface area contributed by atoms with Gasteiger partial charge in [0.05, 0.1) is 6.10 Å². The van der Waals surface area contributed by atoms with Gasteiger partial charge in [0.2, 0.25) is 0 Å². The smallest absolute Gasteiger partial charge is 0.0724 e. The molecular formula is C16H35NO. The van der Waals surface area contributed by atoms with E-state index in [4.69, 9.17) is 4.74 Å². The van der Waals surface area contributed by atoms with Crippen LogP contribution in [0.4, 0.5) is 0 Å². The zero-order valence-electron chi connectivity index (χ0n) is 13.5. The lowest BCUT2D eigenvalue weighted by Gasteiger charge is -2.28. The molecule has 0 bridgehead atoms. The highest BCUT2D eigenvalue weighted by molar-refractivity contribution is 4.77. The summed E-state index contributed by atoms with van der Waals surface area (Å²) in [5.41, 5.74) is 0.447. The fourth-order valence-electron chi connectivity index (χ4n) is 2.37. The third kappa shape index (κ3) is 8.93. The number of rotatable bonds is 10. The van der Waals surface area contributed by atoms with Gasteiger partial charge in [0, 0.05) is 13.2 Å². The van der Waals surface area contributed by atoms with Gasteiger partial charge in [-0.2, -0.15) is 0 Å². The van der Waals surface area contributed by atoms with Gasteiger partial charge in [0.25, 0.3) is 0 Å². The Balaban J connectivity index is 4.19. The van der Waals surface area contributed by atoms with E-state index in [1.165, 1.54) is 32.1 Å². The largest absolute Gasteiger partial charge is 0.380 e. The Hall–Kier alpha value is -0.0800. The summed E-state index contributed by atoms with van der Waals surface area (Å²) in [7, 11) is 1.85. The lowest BCUT2D eigenvalue weighted by Crippen LogP contribution is -2.41. The second-order valence-electron chi connectivity index (χ2n) is 6.58. The number of hydrogen-bond acceptors (Lipinski definition) is 2. The molecule has 0 spiro atoms. The van der Waals surface area contributed by atoms with Gasteiger partial charge in [0.1, 0.15) is 0 Å². The third-order valence-electron chi connectivity index (χ3n) is 3.42. The van der Waals surface area contributed by atoms with Crippen molar-refractivity contribution in [1.82, 2.24) is 5.32 Å². The summed E-state index contributed by atoms with van der Waals surface area (Å²) in [5.74, 6) is 0. The van der Waals surface area contributed by atoms with Gasteiger partial charge in [-0.1, -0.05) is 47.5 Å². The number of hydrogen-bond donors (Lipinski definition) is 1. The van der Waals surface area contributed by atoms with Crippen LogP contribution in [-0.4, -0.2) is 25.8 Å². The highest BCUT2D eigenvalue weighted by Gasteiger charge is 2.20. The van der Waals surface area contributed by atoms with Crippen LogP contribution in [0.25, 0.3) is 0 Å². The predicted octanol–water partition coefficient (Wildman–Crippen LogP) is 4.39. The van der Waals surface area contributed by atoms with E-state index in [2.05, 4.69) is 39.9 Å². The van der Waals surface area contributed by atoms with Crippen molar-refractivity contribution in [2.45, 2.75) is 85.3 Å². The Morgan fingerprint density at radius 1 is 1.06 bits per heavy atom. The molecule has 0 aliphatic carbocycles. The number of nitrogens with one attached hydrogen (secondary N) is 1. The van der Waals surface area contributed by atoms with Crippen molar-refractivity contribution in [1.29, 1.82) is 0 Å². The molecule has 0 saturated carbocycles. The van der Waals surface area contributed by atoms with Crippen LogP contribution in [0.3, 0.4) is 0 Å². The quantitative estimate of drug-likeness (QED) is 0.627. The van der Waals surface area contributed by atoms with Crippen molar-refractivity contribution < 1.29 is 4.74 Å². The molecule has 0 heterocycles. The summed E-state index contributed by atoms with van der Waals surface area (Å²) < 4.78 is 5.67. The average molecular weight is 257 g/mol. The van der Waals surface area contributed by atoms with Crippen molar-refractivity contribution in [3.05, 3.63) is 0 Å². The van der Waals surface area contributed by atoms with Crippen LogP contribution in [0, 0.1) is 5.41 Å². The molecule has 2 nitrogen and oxygen atoms in total. The van der Waals surface area contributed by atoms with E-state index < -0.39 is 0 Å². The van der Waals surface area contributed by atoms with Crippen LogP contribution in [0.2, 0.25) is 0 Å². The van der Waals surface area contributed by atoms with Crippen LogP contribution in [0.5, 0.6) is 0 Å². The topological polar surface area (TPSA) is 21.3 Å². The summed E-state index contributed by atoms with van der Waals surface area (Å²) in [4.78, 5) is 0. The highest BCUT2D eigenvalue weighted by Crippen LogP contribution is 2.23. The van der Waals surface area contributed by atoms with Gasteiger partial charge in [-0.25, -0.2) is 0 Å². The molecule has 0 saturated heterocycles. The molecule has 2 heteroatoms. The summed E-state index contributed by atoms with van der Waals surface area (Å²) >= 11 is 0. The fourth-order valence-corrected chi connectivity index (χ4v) is 2.37. The Kier molecular flexibility index (Phi) is 9.76. The first kappa shape index (κ1) is 17.9. The van der Waals surface area contributed by atoms with Gasteiger partial charge in [0.15, 0.2) is 0 Å². The fraction of sp³-hybridized carbons (Fsp3) is 1.00. The minimum atomic E-state index is 0.376. The minimum absolute atomic E-state index is 0.376. The normalized spacial score (nSPS) is 15.7. The molecule has 0 aromatic rings. The maximum Gasteiger partial charge on any atom is 0.0724 e. The van der Waals surface area contributed by atoms with Crippen molar-refractivity contribution in [2.75, 3.05) is 13.7 Å². The Morgan fingerprint density at radius 2 is 1.72 bits per heavy atom. The predicted molar refractivity (Wildman–Crippen MR) is 81.1 cm³/mol. The average Bonchev–Trinajstić information content (AvgIpc) is 2.29. The summed E-state index contributed by atoms with van der Waals surface area (Å²) in [6, 6.07) is 0.525. The first-order valence-corrected chi connectivity index (χ1v) is 7.70. The molecule has 0 amide bonds. The first-order chi connectivity index (χ1) is 8.44. The van der Waals surface area contributed by atoms with Crippen LogP contribution in [0.15, 0.2) is 0 Å². The third-order valence-corrected chi connectivity index (χ3v) is 3.42. The van der Waals surface area contributed by atoms with Gasteiger partial charge < -0.3 is 10.1 Å². The lowest BCUT2D eigenvalue weighted by molar-refractivity contribution is 0.0564. The van der Waals surface area contributed by atoms with Gasteiger partial charge in [-0.3, -0.25) is 0 Å². The van der Waals surface area contributed by atoms with Crippen LogP contribution >= 0.6 is 0 Å². The van der Waals surface area contributed by atoms with Crippen LogP contribution < -0.4 is 5.32 Å². The summed E-state index contributed by atoms with van der Waals surface area (Å²) in [6.45, 7) is 12.5.